The number of rotatable bonds is 5. The molecule has 6 heteroatoms. The second kappa shape index (κ2) is 6.83. The number of nitrogens with zero attached hydrogens (tertiary/aromatic N) is 3. The largest absolute Gasteiger partial charge is 0.331 e. The maximum absolute atomic E-state index is 12.0. The first kappa shape index (κ1) is 16.6. The molecule has 112 valence electrons. The molecule has 0 spiro atoms. The quantitative estimate of drug-likeness (QED) is 0.850. The van der Waals surface area contributed by atoms with Gasteiger partial charge in [-0.1, -0.05) is 44.3 Å². The Hall–Kier alpha value is -1.43. The first-order valence-corrected chi connectivity index (χ1v) is 7.55. The molecule has 1 rings (SSSR count). The monoisotopic (exact) mass is 296 g/mol. The van der Waals surface area contributed by atoms with Gasteiger partial charge in [-0.3, -0.25) is 0 Å². The molecule has 1 N–H and O–H groups in total. The third-order valence-electron chi connectivity index (χ3n) is 2.63. The topological polar surface area (TPSA) is 58.1 Å². The first-order valence-electron chi connectivity index (χ1n) is 6.74. The standard InChI is InChI=1S/C14H24N4OS/c1-7-18(9-10(2)3)13(19)15-8-11-16-17-12(20-11)14(4,5)6/h2,7-9H2,1,3-6H3,(H,15,19). The molecule has 1 aromatic rings. The van der Waals surface area contributed by atoms with Gasteiger partial charge in [0, 0.05) is 18.5 Å². The SMILES string of the molecule is C=C(C)CN(CC)C(=O)NCc1nnc(C(C)(C)C)s1. The Morgan fingerprint density at radius 2 is 2.05 bits per heavy atom. The van der Waals surface area contributed by atoms with E-state index in [9.17, 15) is 4.79 Å². The highest BCUT2D eigenvalue weighted by molar-refractivity contribution is 7.11. The zero-order valence-electron chi connectivity index (χ0n) is 13.0. The Morgan fingerprint density at radius 3 is 2.50 bits per heavy atom. The van der Waals surface area contributed by atoms with Crippen molar-refractivity contribution >= 4 is 17.4 Å². The Balaban J connectivity index is 2.56. The lowest BCUT2D eigenvalue weighted by Gasteiger charge is -2.21. The molecule has 0 unspecified atom stereocenters. The lowest BCUT2D eigenvalue weighted by molar-refractivity contribution is 0.204. The number of nitrogens with one attached hydrogen (secondary N) is 1. The van der Waals surface area contributed by atoms with E-state index in [0.29, 0.717) is 19.6 Å². The molecule has 0 radical (unpaired) electrons. The summed E-state index contributed by atoms with van der Waals surface area (Å²) in [5.41, 5.74) is 0.961. The highest BCUT2D eigenvalue weighted by atomic mass is 32.1. The predicted molar refractivity (Wildman–Crippen MR) is 82.9 cm³/mol. The number of hydrogen-bond donors (Lipinski definition) is 1. The van der Waals surface area contributed by atoms with Crippen molar-refractivity contribution in [3.05, 3.63) is 22.2 Å². The predicted octanol–water partition coefficient (Wildman–Crippen LogP) is 2.94. The Labute approximate surface area is 125 Å². The van der Waals surface area contributed by atoms with Gasteiger partial charge in [-0.25, -0.2) is 4.79 Å². The van der Waals surface area contributed by atoms with Gasteiger partial charge in [-0.15, -0.1) is 10.2 Å². The molecule has 1 aromatic heterocycles. The summed E-state index contributed by atoms with van der Waals surface area (Å²) in [6, 6.07) is -0.0944. The van der Waals surface area contributed by atoms with Gasteiger partial charge >= 0.3 is 6.03 Å². The second-order valence-electron chi connectivity index (χ2n) is 5.88. The zero-order chi connectivity index (χ0) is 15.3. The van der Waals surface area contributed by atoms with Gasteiger partial charge in [0.05, 0.1) is 6.54 Å². The maximum Gasteiger partial charge on any atom is 0.318 e. The van der Waals surface area contributed by atoms with Crippen LogP contribution in [0.1, 0.15) is 44.6 Å². The number of hydrogen-bond acceptors (Lipinski definition) is 4. The molecule has 0 atom stereocenters. The normalized spacial score (nSPS) is 11.2. The summed E-state index contributed by atoms with van der Waals surface area (Å²) in [5, 5.41) is 13.0. The van der Waals surface area contributed by atoms with Gasteiger partial charge in [0.15, 0.2) is 0 Å². The summed E-state index contributed by atoms with van der Waals surface area (Å²) >= 11 is 1.54. The van der Waals surface area contributed by atoms with Crippen LogP contribution in [0.15, 0.2) is 12.2 Å². The van der Waals surface area contributed by atoms with Crippen LogP contribution >= 0.6 is 11.3 Å². The molecular weight excluding hydrogens is 272 g/mol. The number of amides is 2. The van der Waals surface area contributed by atoms with E-state index in [2.05, 4.69) is 42.9 Å². The van der Waals surface area contributed by atoms with Crippen LogP contribution in [0.5, 0.6) is 0 Å². The fourth-order valence-corrected chi connectivity index (χ4v) is 2.38. The average Bonchev–Trinajstić information content (AvgIpc) is 2.81. The third kappa shape index (κ3) is 4.92. The molecule has 0 aliphatic rings. The molecule has 0 aliphatic heterocycles. The van der Waals surface area contributed by atoms with Crippen LogP contribution < -0.4 is 5.32 Å². The molecule has 0 fully saturated rings. The minimum atomic E-state index is -0.0944. The van der Waals surface area contributed by atoms with E-state index in [4.69, 9.17) is 0 Å². The fourth-order valence-electron chi connectivity index (χ4n) is 1.54. The van der Waals surface area contributed by atoms with E-state index in [1.54, 1.807) is 16.2 Å². The van der Waals surface area contributed by atoms with E-state index in [1.807, 2.05) is 13.8 Å². The van der Waals surface area contributed by atoms with Gasteiger partial charge in [0.25, 0.3) is 0 Å². The van der Waals surface area contributed by atoms with Crippen molar-refractivity contribution in [3.8, 4) is 0 Å². The Kier molecular flexibility index (Phi) is 5.68. The summed E-state index contributed by atoms with van der Waals surface area (Å²) in [5.74, 6) is 0. The van der Waals surface area contributed by atoms with E-state index in [0.717, 1.165) is 15.6 Å². The van der Waals surface area contributed by atoms with Crippen molar-refractivity contribution in [1.29, 1.82) is 0 Å². The Morgan fingerprint density at radius 1 is 1.40 bits per heavy atom. The lowest BCUT2D eigenvalue weighted by Crippen LogP contribution is -2.40. The van der Waals surface area contributed by atoms with Crippen LogP contribution in [0.2, 0.25) is 0 Å². The van der Waals surface area contributed by atoms with Crippen LogP contribution in [-0.4, -0.2) is 34.2 Å². The molecule has 1 heterocycles. The van der Waals surface area contributed by atoms with Gasteiger partial charge in [0.2, 0.25) is 0 Å². The summed E-state index contributed by atoms with van der Waals surface area (Å²) < 4.78 is 0. The minimum absolute atomic E-state index is 0.00463. The smallest absolute Gasteiger partial charge is 0.318 e. The number of likely N-dealkylation sites (N-methyl/N-ethyl adjacent to an activating group) is 1. The lowest BCUT2D eigenvalue weighted by atomic mass is 9.98. The summed E-state index contributed by atoms with van der Waals surface area (Å²) in [7, 11) is 0. The van der Waals surface area contributed by atoms with Crippen molar-refractivity contribution in [1.82, 2.24) is 20.4 Å². The van der Waals surface area contributed by atoms with Crippen LogP contribution in [0.25, 0.3) is 0 Å². The molecule has 0 bridgehead atoms. The maximum atomic E-state index is 12.0. The highest BCUT2D eigenvalue weighted by Gasteiger charge is 2.19. The average molecular weight is 296 g/mol. The van der Waals surface area contributed by atoms with Crippen molar-refractivity contribution in [2.24, 2.45) is 0 Å². The summed E-state index contributed by atoms with van der Waals surface area (Å²) in [6.07, 6.45) is 0. The molecule has 0 aliphatic carbocycles. The number of carbonyl (C=O) groups excluding carboxylic acids is 1. The van der Waals surface area contributed by atoms with Gasteiger partial charge < -0.3 is 10.2 Å². The van der Waals surface area contributed by atoms with Crippen LogP contribution in [0.4, 0.5) is 4.79 Å². The van der Waals surface area contributed by atoms with Gasteiger partial charge in [0.1, 0.15) is 10.0 Å². The molecular formula is C14H24N4OS. The molecule has 5 nitrogen and oxygen atoms in total. The van der Waals surface area contributed by atoms with E-state index < -0.39 is 0 Å². The van der Waals surface area contributed by atoms with Gasteiger partial charge in [-0.2, -0.15) is 0 Å². The van der Waals surface area contributed by atoms with E-state index >= 15 is 0 Å². The number of urea groups is 1. The molecule has 0 aromatic carbocycles. The number of aromatic nitrogens is 2. The first-order chi connectivity index (χ1) is 9.24. The van der Waals surface area contributed by atoms with Crippen LogP contribution in [0.3, 0.4) is 0 Å². The summed E-state index contributed by atoms with van der Waals surface area (Å²) in [4.78, 5) is 13.7. The van der Waals surface area contributed by atoms with Crippen molar-refractivity contribution in [2.45, 2.75) is 46.6 Å². The van der Waals surface area contributed by atoms with Crippen molar-refractivity contribution in [2.75, 3.05) is 13.1 Å². The third-order valence-corrected chi connectivity index (χ3v) is 3.98. The molecule has 20 heavy (non-hydrogen) atoms. The van der Waals surface area contributed by atoms with Crippen molar-refractivity contribution in [3.63, 3.8) is 0 Å². The van der Waals surface area contributed by atoms with Crippen molar-refractivity contribution < 1.29 is 4.79 Å². The fraction of sp³-hybridized carbons (Fsp3) is 0.643. The van der Waals surface area contributed by atoms with E-state index in [1.165, 1.54) is 0 Å². The molecule has 2 amide bonds. The zero-order valence-corrected chi connectivity index (χ0v) is 13.8. The van der Waals surface area contributed by atoms with Crippen LogP contribution in [0, 0.1) is 0 Å². The Bertz CT molecular complexity index is 476. The highest BCUT2D eigenvalue weighted by Crippen LogP contribution is 2.25. The van der Waals surface area contributed by atoms with E-state index in [-0.39, 0.29) is 11.4 Å². The second-order valence-corrected chi connectivity index (χ2v) is 6.94. The molecule has 0 saturated heterocycles. The molecule has 0 saturated carbocycles. The van der Waals surface area contributed by atoms with Crippen LogP contribution in [-0.2, 0) is 12.0 Å². The minimum Gasteiger partial charge on any atom is -0.331 e. The summed E-state index contributed by atoms with van der Waals surface area (Å²) in [6.45, 7) is 15.6. The van der Waals surface area contributed by atoms with Gasteiger partial charge in [-0.05, 0) is 13.8 Å². The number of carbonyl (C=O) groups is 1.